The Balaban J connectivity index is 2.27. The van der Waals surface area contributed by atoms with Gasteiger partial charge in [-0.25, -0.2) is 10.8 Å². The monoisotopic (exact) mass is 268 g/mol. The molecule has 3 N–H and O–H groups in total. The molecule has 1 amide bonds. The van der Waals surface area contributed by atoms with Gasteiger partial charge in [0.25, 0.3) is 5.91 Å². The molecule has 0 aromatic carbocycles. The number of carbonyl (C=O) groups excluding carboxylic acids is 1. The third kappa shape index (κ3) is 2.57. The van der Waals surface area contributed by atoms with Crippen molar-refractivity contribution in [2.24, 2.45) is 5.84 Å². The van der Waals surface area contributed by atoms with Crippen molar-refractivity contribution in [2.75, 3.05) is 12.0 Å². The van der Waals surface area contributed by atoms with Crippen LogP contribution in [0, 0.1) is 0 Å². The van der Waals surface area contributed by atoms with Crippen LogP contribution in [-0.2, 0) is 0 Å². The molecule has 5 nitrogen and oxygen atoms in total. The van der Waals surface area contributed by atoms with Gasteiger partial charge in [0.05, 0.1) is 5.02 Å². The SMILES string of the molecule is CC1CCCCN1C(=O)c1nc(NN)ccc1Cl. The van der Waals surface area contributed by atoms with Crippen molar-refractivity contribution in [2.45, 2.75) is 32.2 Å². The van der Waals surface area contributed by atoms with Gasteiger partial charge in [-0.1, -0.05) is 11.6 Å². The van der Waals surface area contributed by atoms with Crippen LogP contribution in [0.15, 0.2) is 12.1 Å². The van der Waals surface area contributed by atoms with E-state index in [2.05, 4.69) is 17.3 Å². The number of anilines is 1. The Labute approximate surface area is 111 Å². The Morgan fingerprint density at radius 1 is 1.56 bits per heavy atom. The molecular formula is C12H17ClN4O. The van der Waals surface area contributed by atoms with E-state index in [0.29, 0.717) is 10.8 Å². The number of hydrazine groups is 1. The fourth-order valence-corrected chi connectivity index (χ4v) is 2.39. The van der Waals surface area contributed by atoms with Crippen molar-refractivity contribution >= 4 is 23.3 Å². The molecule has 1 saturated heterocycles. The molecule has 0 aliphatic carbocycles. The molecular weight excluding hydrogens is 252 g/mol. The normalized spacial score (nSPS) is 19.7. The van der Waals surface area contributed by atoms with Crippen LogP contribution in [0.2, 0.25) is 5.02 Å². The molecule has 1 unspecified atom stereocenters. The Hall–Kier alpha value is -1.33. The van der Waals surface area contributed by atoms with Gasteiger partial charge >= 0.3 is 0 Å². The fourth-order valence-electron chi connectivity index (χ4n) is 2.21. The van der Waals surface area contributed by atoms with Gasteiger partial charge in [0.15, 0.2) is 0 Å². The van der Waals surface area contributed by atoms with Gasteiger partial charge in [-0.05, 0) is 38.3 Å². The number of nitrogens with zero attached hydrogens (tertiary/aromatic N) is 2. The maximum Gasteiger partial charge on any atom is 0.274 e. The van der Waals surface area contributed by atoms with Crippen molar-refractivity contribution in [1.82, 2.24) is 9.88 Å². The third-order valence-electron chi connectivity index (χ3n) is 3.26. The van der Waals surface area contributed by atoms with Crippen LogP contribution in [0.5, 0.6) is 0 Å². The van der Waals surface area contributed by atoms with Crippen LogP contribution in [0.4, 0.5) is 5.82 Å². The second-order valence-corrected chi connectivity index (χ2v) is 4.92. The Morgan fingerprint density at radius 2 is 2.33 bits per heavy atom. The second kappa shape index (κ2) is 5.54. The Morgan fingerprint density at radius 3 is 3.00 bits per heavy atom. The predicted molar refractivity (Wildman–Crippen MR) is 71.4 cm³/mol. The first-order chi connectivity index (χ1) is 8.63. The highest BCUT2D eigenvalue weighted by atomic mass is 35.5. The molecule has 0 spiro atoms. The van der Waals surface area contributed by atoms with Crippen LogP contribution in [0.3, 0.4) is 0 Å². The van der Waals surface area contributed by atoms with E-state index in [9.17, 15) is 4.79 Å². The lowest BCUT2D eigenvalue weighted by Crippen LogP contribution is -2.42. The number of amides is 1. The smallest absolute Gasteiger partial charge is 0.274 e. The summed E-state index contributed by atoms with van der Waals surface area (Å²) in [7, 11) is 0. The molecule has 1 aromatic heterocycles. The average Bonchev–Trinajstić information content (AvgIpc) is 2.39. The Bertz CT molecular complexity index is 452. The summed E-state index contributed by atoms with van der Waals surface area (Å²) in [6.45, 7) is 2.81. The number of halogens is 1. The van der Waals surface area contributed by atoms with Crippen LogP contribution in [0.1, 0.15) is 36.7 Å². The Kier molecular flexibility index (Phi) is 4.04. The third-order valence-corrected chi connectivity index (χ3v) is 3.57. The number of hydrogen-bond acceptors (Lipinski definition) is 4. The maximum atomic E-state index is 12.4. The number of nitrogen functional groups attached to an aromatic ring is 1. The molecule has 1 aliphatic rings. The van der Waals surface area contributed by atoms with Crippen LogP contribution in [0.25, 0.3) is 0 Å². The molecule has 1 atom stereocenters. The summed E-state index contributed by atoms with van der Waals surface area (Å²) in [4.78, 5) is 18.4. The minimum absolute atomic E-state index is 0.121. The number of carbonyl (C=O) groups is 1. The summed E-state index contributed by atoms with van der Waals surface area (Å²) in [5.41, 5.74) is 2.69. The van der Waals surface area contributed by atoms with Gasteiger partial charge in [-0.2, -0.15) is 0 Å². The van der Waals surface area contributed by atoms with Crippen molar-refractivity contribution in [3.8, 4) is 0 Å². The number of piperidine rings is 1. The minimum atomic E-state index is -0.121. The first-order valence-corrected chi connectivity index (χ1v) is 6.45. The zero-order valence-corrected chi connectivity index (χ0v) is 11.1. The highest BCUT2D eigenvalue weighted by molar-refractivity contribution is 6.33. The summed E-state index contributed by atoms with van der Waals surface area (Å²) >= 11 is 6.04. The van der Waals surface area contributed by atoms with Gasteiger partial charge in [0.2, 0.25) is 0 Å². The van der Waals surface area contributed by atoms with Crippen molar-refractivity contribution in [3.63, 3.8) is 0 Å². The first kappa shape index (κ1) is 13.1. The molecule has 0 bridgehead atoms. The molecule has 6 heteroatoms. The number of nitrogens with one attached hydrogen (secondary N) is 1. The van der Waals surface area contributed by atoms with E-state index in [1.54, 1.807) is 12.1 Å². The summed E-state index contributed by atoms with van der Waals surface area (Å²) in [5.74, 6) is 5.61. The fraction of sp³-hybridized carbons (Fsp3) is 0.500. The summed E-state index contributed by atoms with van der Waals surface area (Å²) in [6.07, 6.45) is 3.22. The van der Waals surface area contributed by atoms with Crippen molar-refractivity contribution in [1.29, 1.82) is 0 Å². The number of likely N-dealkylation sites (tertiary alicyclic amines) is 1. The highest BCUT2D eigenvalue weighted by Gasteiger charge is 2.26. The summed E-state index contributed by atoms with van der Waals surface area (Å²) < 4.78 is 0. The standard InChI is InChI=1S/C12H17ClN4O/c1-8-4-2-3-7-17(8)12(18)11-9(13)5-6-10(15-11)16-14/h5-6,8H,2-4,7,14H2,1H3,(H,15,16). The molecule has 18 heavy (non-hydrogen) atoms. The van der Waals surface area contributed by atoms with Gasteiger partial charge in [-0.3, -0.25) is 4.79 Å². The molecule has 2 rings (SSSR count). The summed E-state index contributed by atoms with van der Waals surface area (Å²) in [5, 5.41) is 0.358. The maximum absolute atomic E-state index is 12.4. The number of nitrogens with two attached hydrogens (primary N) is 1. The van der Waals surface area contributed by atoms with E-state index < -0.39 is 0 Å². The van der Waals surface area contributed by atoms with E-state index in [1.807, 2.05) is 4.90 Å². The van der Waals surface area contributed by atoms with E-state index >= 15 is 0 Å². The predicted octanol–water partition coefficient (Wildman–Crippen LogP) is 2.04. The lowest BCUT2D eigenvalue weighted by Gasteiger charge is -2.33. The van der Waals surface area contributed by atoms with Crippen LogP contribution < -0.4 is 11.3 Å². The zero-order chi connectivity index (χ0) is 13.1. The molecule has 1 aromatic rings. The molecule has 2 heterocycles. The second-order valence-electron chi connectivity index (χ2n) is 4.51. The number of hydrogen-bond donors (Lipinski definition) is 2. The van der Waals surface area contributed by atoms with E-state index in [4.69, 9.17) is 17.4 Å². The molecule has 0 saturated carbocycles. The zero-order valence-electron chi connectivity index (χ0n) is 10.3. The highest BCUT2D eigenvalue weighted by Crippen LogP contribution is 2.23. The average molecular weight is 269 g/mol. The number of aromatic nitrogens is 1. The quantitative estimate of drug-likeness (QED) is 0.636. The van der Waals surface area contributed by atoms with Crippen LogP contribution in [-0.4, -0.2) is 28.4 Å². The number of rotatable bonds is 2. The molecule has 0 radical (unpaired) electrons. The van der Waals surface area contributed by atoms with E-state index in [1.165, 1.54) is 0 Å². The summed E-state index contributed by atoms with van der Waals surface area (Å²) in [6, 6.07) is 3.50. The van der Waals surface area contributed by atoms with Gasteiger partial charge < -0.3 is 10.3 Å². The number of pyridine rings is 1. The lowest BCUT2D eigenvalue weighted by atomic mass is 10.0. The van der Waals surface area contributed by atoms with E-state index in [-0.39, 0.29) is 17.6 Å². The topological polar surface area (TPSA) is 71.2 Å². The van der Waals surface area contributed by atoms with Crippen LogP contribution >= 0.6 is 11.6 Å². The van der Waals surface area contributed by atoms with E-state index in [0.717, 1.165) is 25.8 Å². The van der Waals surface area contributed by atoms with Gasteiger partial charge in [0.1, 0.15) is 11.5 Å². The first-order valence-electron chi connectivity index (χ1n) is 6.07. The molecule has 1 fully saturated rings. The van der Waals surface area contributed by atoms with Crippen molar-refractivity contribution in [3.05, 3.63) is 22.8 Å². The van der Waals surface area contributed by atoms with Gasteiger partial charge in [0, 0.05) is 12.6 Å². The molecule has 98 valence electrons. The molecule has 1 aliphatic heterocycles. The van der Waals surface area contributed by atoms with Crippen molar-refractivity contribution < 1.29 is 4.79 Å². The lowest BCUT2D eigenvalue weighted by molar-refractivity contribution is 0.0630. The largest absolute Gasteiger partial charge is 0.335 e. The van der Waals surface area contributed by atoms with Gasteiger partial charge in [-0.15, -0.1) is 0 Å². The minimum Gasteiger partial charge on any atom is -0.335 e.